The molecule has 0 spiro atoms. The summed E-state index contributed by atoms with van der Waals surface area (Å²) in [4.78, 5) is 0. The first-order chi connectivity index (χ1) is 12.0. The molecule has 0 amide bonds. The molecule has 138 valence electrons. The van der Waals surface area contributed by atoms with Crippen LogP contribution in [0.5, 0.6) is 0 Å². The highest BCUT2D eigenvalue weighted by Crippen LogP contribution is 2.49. The molecule has 2 aromatic rings. The minimum atomic E-state index is -1.62. The van der Waals surface area contributed by atoms with Gasteiger partial charge in [-0.15, -0.1) is 0 Å². The number of hydrogen-bond donors (Lipinski definition) is 0. The predicted molar refractivity (Wildman–Crippen MR) is 118 cm³/mol. The second-order valence-electron chi connectivity index (χ2n) is 9.58. The van der Waals surface area contributed by atoms with E-state index in [0.29, 0.717) is 0 Å². The van der Waals surface area contributed by atoms with Crippen LogP contribution in [0, 0.1) is 13.8 Å². The summed E-state index contributed by atoms with van der Waals surface area (Å²) in [5, 5.41) is 5.12. The van der Waals surface area contributed by atoms with Crippen LogP contribution in [-0.2, 0) is 0 Å². The number of fused-ring (bicyclic) bond motifs is 1. The first-order valence-electron chi connectivity index (χ1n) is 9.52. The van der Waals surface area contributed by atoms with Crippen LogP contribution in [0.4, 0.5) is 17.1 Å². The maximum Gasteiger partial charge on any atom is 0.276 e. The Kier molecular flexibility index (Phi) is 4.62. The minimum Gasteiger partial charge on any atom is -0.352 e. The fourth-order valence-corrected chi connectivity index (χ4v) is 15.9. The average molecular weight is 384 g/mol. The van der Waals surface area contributed by atoms with Crippen LogP contribution >= 0.6 is 0 Å². The monoisotopic (exact) mass is 383 g/mol. The molecule has 3 nitrogen and oxygen atoms in total. The molecule has 0 aromatic heterocycles. The van der Waals surface area contributed by atoms with E-state index in [0.717, 1.165) is 10.5 Å². The molecule has 3 rings (SSSR count). The molecule has 5 heteroatoms. The van der Waals surface area contributed by atoms with Crippen LogP contribution in [0.1, 0.15) is 11.1 Å². The van der Waals surface area contributed by atoms with Crippen molar-refractivity contribution in [3.05, 3.63) is 53.6 Å². The van der Waals surface area contributed by atoms with E-state index in [1.54, 1.807) is 0 Å². The van der Waals surface area contributed by atoms with Crippen molar-refractivity contribution in [2.75, 3.05) is 6.67 Å². The average Bonchev–Trinajstić information content (AvgIpc) is 2.52. The Morgan fingerprint density at radius 3 is 2.00 bits per heavy atom. The first-order valence-corrected chi connectivity index (χ1v) is 16.4. The zero-order valence-electron chi connectivity index (χ0n) is 17.6. The number of benzene rings is 2. The molecule has 0 atom stereocenters. The molecule has 0 unspecified atom stereocenters. The van der Waals surface area contributed by atoms with E-state index in [1.807, 2.05) is 0 Å². The number of para-hydroxylation sites is 1. The van der Waals surface area contributed by atoms with Crippen molar-refractivity contribution in [1.29, 1.82) is 0 Å². The molecule has 1 aliphatic rings. The topological polar surface area (TPSA) is 15.4 Å². The highest BCUT2D eigenvalue weighted by atomic mass is 28.4. The van der Waals surface area contributed by atoms with Crippen LogP contribution < -0.4 is 3.81 Å². The van der Waals surface area contributed by atoms with Gasteiger partial charge in [-0.25, -0.2) is 0 Å². The van der Waals surface area contributed by atoms with Crippen LogP contribution in [-0.4, -0.2) is 27.8 Å². The van der Waals surface area contributed by atoms with Crippen LogP contribution in [0.2, 0.25) is 39.3 Å². The SMILES string of the molecule is Cc1cc(C)c2c(c1)N=[N+](c1ccccc1)C[N+]2([Si](C)(C)C)[Si](C)(C)C. The third-order valence-corrected chi connectivity index (χ3v) is 15.1. The quantitative estimate of drug-likeness (QED) is 0.415. The van der Waals surface area contributed by atoms with E-state index in [4.69, 9.17) is 5.11 Å². The van der Waals surface area contributed by atoms with Gasteiger partial charge in [0.05, 0.1) is 0 Å². The van der Waals surface area contributed by atoms with Crippen molar-refractivity contribution in [2.24, 2.45) is 5.11 Å². The summed E-state index contributed by atoms with van der Waals surface area (Å²) in [6.45, 7) is 20.6. The van der Waals surface area contributed by atoms with Gasteiger partial charge in [-0.05, 0) is 69.5 Å². The summed E-state index contributed by atoms with van der Waals surface area (Å²) in [6.07, 6.45) is 0. The van der Waals surface area contributed by atoms with Crippen LogP contribution in [0.25, 0.3) is 0 Å². The molecule has 1 aliphatic heterocycles. The second-order valence-corrected chi connectivity index (χ2v) is 20.2. The van der Waals surface area contributed by atoms with Crippen LogP contribution in [0.3, 0.4) is 0 Å². The molecule has 0 aliphatic carbocycles. The van der Waals surface area contributed by atoms with Crippen molar-refractivity contribution in [3.8, 4) is 0 Å². The molecule has 0 bridgehead atoms. The molecule has 2 aromatic carbocycles. The predicted octanol–water partition coefficient (Wildman–Crippen LogP) is 6.68. The fourth-order valence-electron chi connectivity index (χ4n) is 4.78. The van der Waals surface area contributed by atoms with E-state index in [1.165, 1.54) is 28.2 Å². The molecule has 1 heterocycles. The smallest absolute Gasteiger partial charge is 0.276 e. The molecular weight excluding hydrogens is 350 g/mol. The van der Waals surface area contributed by atoms with Crippen molar-refractivity contribution in [2.45, 2.75) is 53.1 Å². The summed E-state index contributed by atoms with van der Waals surface area (Å²) in [6, 6.07) is 15.3. The fraction of sp³-hybridized carbons (Fsp3) is 0.429. The molecule has 0 N–H and O–H groups in total. The summed E-state index contributed by atoms with van der Waals surface area (Å²) >= 11 is 0. The standard InChI is InChI=1S/C21H33N3Si2/c1-17-14-18(2)21-20(15-17)22-23(19-12-10-9-11-13-19)16-24(21,25(3,4)5)26(6,7)8/h9-15H,16H2,1-8H3/q+2. The van der Waals surface area contributed by atoms with Crippen molar-refractivity contribution >= 4 is 33.5 Å². The van der Waals surface area contributed by atoms with Gasteiger partial charge in [-0.3, -0.25) is 0 Å². The number of hydrogen-bond acceptors (Lipinski definition) is 1. The number of azo groups is 2. The van der Waals surface area contributed by atoms with Gasteiger partial charge in [0, 0.05) is 22.8 Å². The van der Waals surface area contributed by atoms with Crippen molar-refractivity contribution < 1.29 is 4.70 Å². The first kappa shape index (κ1) is 19.2. The Morgan fingerprint density at radius 2 is 1.46 bits per heavy atom. The van der Waals surface area contributed by atoms with Crippen molar-refractivity contribution in [1.82, 2.24) is 3.81 Å². The molecule has 0 radical (unpaired) electrons. The molecule has 0 saturated carbocycles. The maximum atomic E-state index is 5.12. The normalized spacial score (nSPS) is 16.8. The summed E-state index contributed by atoms with van der Waals surface area (Å²) in [7, 11) is -3.24. The Morgan fingerprint density at radius 1 is 0.885 bits per heavy atom. The maximum absolute atomic E-state index is 5.12. The molecule has 0 fully saturated rings. The van der Waals surface area contributed by atoms with E-state index in [2.05, 4.69) is 100 Å². The number of nitrogens with zero attached hydrogens (tertiary/aromatic N) is 3. The lowest BCUT2D eigenvalue weighted by atomic mass is 10.1. The van der Waals surface area contributed by atoms with E-state index in [9.17, 15) is 0 Å². The summed E-state index contributed by atoms with van der Waals surface area (Å²) in [5.41, 5.74) is 6.55. The van der Waals surface area contributed by atoms with Gasteiger partial charge in [0.25, 0.3) is 23.1 Å². The Balaban J connectivity index is 2.40. The van der Waals surface area contributed by atoms with Gasteiger partial charge in [0.15, 0.2) is 5.69 Å². The third-order valence-electron chi connectivity index (χ3n) is 5.73. The third kappa shape index (κ3) is 2.92. The molecular formula is C21H33N3Si2+2. The van der Waals surface area contributed by atoms with E-state index < -0.39 is 16.5 Å². The molecule has 0 saturated heterocycles. The lowest BCUT2D eigenvalue weighted by molar-refractivity contribution is -0.522. The second kappa shape index (κ2) is 6.25. The Labute approximate surface area is 160 Å². The van der Waals surface area contributed by atoms with Gasteiger partial charge >= 0.3 is 0 Å². The zero-order chi connectivity index (χ0) is 19.3. The number of quaternary nitrogens is 1. The highest BCUT2D eigenvalue weighted by Gasteiger charge is 2.60. The van der Waals surface area contributed by atoms with E-state index >= 15 is 0 Å². The number of aryl methyl sites for hydroxylation is 2. The van der Waals surface area contributed by atoms with Gasteiger partial charge in [-0.1, -0.05) is 24.3 Å². The summed E-state index contributed by atoms with van der Waals surface area (Å²) < 4.78 is 3.40. The Bertz CT molecular complexity index is 845. The minimum absolute atomic E-state index is 0.951. The van der Waals surface area contributed by atoms with Crippen LogP contribution in [0.15, 0.2) is 47.6 Å². The van der Waals surface area contributed by atoms with E-state index in [-0.39, 0.29) is 0 Å². The van der Waals surface area contributed by atoms with Gasteiger partial charge in [0.1, 0.15) is 5.69 Å². The lowest BCUT2D eigenvalue weighted by Gasteiger charge is -2.55. The zero-order valence-corrected chi connectivity index (χ0v) is 19.6. The summed E-state index contributed by atoms with van der Waals surface area (Å²) in [5.74, 6) is 0. The Hall–Kier alpha value is -1.57. The largest absolute Gasteiger partial charge is 0.352 e. The lowest BCUT2D eigenvalue weighted by Crippen LogP contribution is -2.78. The van der Waals surface area contributed by atoms with Gasteiger partial charge < -0.3 is 3.81 Å². The molecule has 26 heavy (non-hydrogen) atoms. The van der Waals surface area contributed by atoms with Crippen molar-refractivity contribution in [3.63, 3.8) is 0 Å². The van der Waals surface area contributed by atoms with Gasteiger partial charge in [0.2, 0.25) is 5.69 Å². The number of rotatable bonds is 3. The highest BCUT2D eigenvalue weighted by molar-refractivity contribution is 6.95. The van der Waals surface area contributed by atoms with Gasteiger partial charge in [-0.2, -0.15) is 0 Å².